The first-order valence-corrected chi connectivity index (χ1v) is 22.7. The highest BCUT2D eigenvalue weighted by Gasteiger charge is 2.26. The van der Waals surface area contributed by atoms with E-state index in [1.807, 2.05) is 51.5 Å². The van der Waals surface area contributed by atoms with Crippen LogP contribution in [0.15, 0.2) is 60.9 Å². The lowest BCUT2D eigenvalue weighted by atomic mass is 10.0. The van der Waals surface area contributed by atoms with Crippen molar-refractivity contribution in [3.8, 4) is 0 Å². The van der Waals surface area contributed by atoms with Gasteiger partial charge >= 0.3 is 13.8 Å². The summed E-state index contributed by atoms with van der Waals surface area (Å²) in [5.74, 6) is -0.437. The lowest BCUT2D eigenvalue weighted by Gasteiger charge is -2.24. The van der Waals surface area contributed by atoms with Crippen molar-refractivity contribution in [1.82, 2.24) is 0 Å². The third kappa shape index (κ3) is 39.7. The Kier molecular flexibility index (Phi) is 35.3. The lowest BCUT2D eigenvalue weighted by molar-refractivity contribution is -0.870. The number of carbonyl (C=O) groups excluding carboxylic acids is 1. The second kappa shape index (κ2) is 36.6. The first-order chi connectivity index (χ1) is 26.0. The fraction of sp³-hybridized carbons (Fsp3) is 0.750. The van der Waals surface area contributed by atoms with Gasteiger partial charge in [0.2, 0.25) is 0 Å². The van der Waals surface area contributed by atoms with Crippen molar-refractivity contribution >= 4 is 13.8 Å². The molecule has 0 fully saturated rings. The summed E-state index contributed by atoms with van der Waals surface area (Å²) >= 11 is 0. The molecule has 0 aromatic heterocycles. The van der Waals surface area contributed by atoms with Crippen LogP contribution in [0.1, 0.15) is 155 Å². The van der Waals surface area contributed by atoms with E-state index in [0.717, 1.165) is 25.7 Å². The van der Waals surface area contributed by atoms with Crippen molar-refractivity contribution in [1.29, 1.82) is 0 Å². The number of allylic oxidation sites excluding steroid dienone is 7. The number of hydrogen-bond donors (Lipinski definition) is 2. The van der Waals surface area contributed by atoms with Crippen LogP contribution in [0.2, 0.25) is 0 Å². The molecule has 0 aromatic rings. The van der Waals surface area contributed by atoms with E-state index in [4.69, 9.17) is 18.5 Å². The van der Waals surface area contributed by atoms with E-state index in [0.29, 0.717) is 30.3 Å². The number of quaternary nitrogens is 1. The molecular formula is C44H81NO8P+. The SMILES string of the molecule is CCCCC/C=C\C/C=C\CC(O)/C=C\C=C\CCCC(=O)O[C@H](CO/C=C/CCCCCCCCCCCCCC)COP(=O)(O)OCC[N+](C)(C)C. The number of aliphatic hydroxyl groups excluding tert-OH is 1. The largest absolute Gasteiger partial charge is 0.498 e. The molecule has 2 unspecified atom stereocenters. The van der Waals surface area contributed by atoms with Crippen LogP contribution >= 0.6 is 7.82 Å². The molecule has 0 aliphatic heterocycles. The highest BCUT2D eigenvalue weighted by atomic mass is 31.2. The van der Waals surface area contributed by atoms with Gasteiger partial charge in [-0.05, 0) is 57.4 Å². The zero-order chi connectivity index (χ0) is 40.0. The molecule has 0 spiro atoms. The molecule has 0 aromatic carbocycles. The van der Waals surface area contributed by atoms with Crippen LogP contribution in [0.5, 0.6) is 0 Å². The molecule has 3 atom stereocenters. The predicted octanol–water partition coefficient (Wildman–Crippen LogP) is 11.5. The van der Waals surface area contributed by atoms with Crippen LogP contribution in [0.4, 0.5) is 0 Å². The third-order valence-electron chi connectivity index (χ3n) is 8.73. The Labute approximate surface area is 331 Å². The number of likely N-dealkylation sites (N-methyl/N-ethyl adjacent to an activating group) is 1. The van der Waals surface area contributed by atoms with Crippen molar-refractivity contribution in [2.45, 2.75) is 167 Å². The van der Waals surface area contributed by atoms with Gasteiger partial charge in [-0.3, -0.25) is 13.8 Å². The molecule has 0 aliphatic rings. The van der Waals surface area contributed by atoms with Gasteiger partial charge in [0.15, 0.2) is 6.10 Å². The van der Waals surface area contributed by atoms with E-state index < -0.39 is 26.0 Å². The Hall–Kier alpha value is -2.00. The van der Waals surface area contributed by atoms with Gasteiger partial charge in [0.05, 0.1) is 40.1 Å². The Bertz CT molecular complexity index is 1070. The van der Waals surface area contributed by atoms with Gasteiger partial charge < -0.3 is 24.0 Å². The Morgan fingerprint density at radius 3 is 1.93 bits per heavy atom. The molecule has 0 heterocycles. The van der Waals surface area contributed by atoms with Gasteiger partial charge in [-0.25, -0.2) is 4.57 Å². The molecule has 9 nitrogen and oxygen atoms in total. The fourth-order valence-corrected chi connectivity index (χ4v) is 6.10. The maximum Gasteiger partial charge on any atom is 0.472 e. The van der Waals surface area contributed by atoms with Crippen molar-refractivity contribution in [2.75, 3.05) is 47.5 Å². The molecule has 0 saturated heterocycles. The van der Waals surface area contributed by atoms with Crippen molar-refractivity contribution in [3.63, 3.8) is 0 Å². The number of rotatable bonds is 38. The van der Waals surface area contributed by atoms with Gasteiger partial charge in [-0.1, -0.05) is 146 Å². The monoisotopic (exact) mass is 783 g/mol. The lowest BCUT2D eigenvalue weighted by Crippen LogP contribution is -2.37. The van der Waals surface area contributed by atoms with Crippen LogP contribution < -0.4 is 0 Å². The summed E-state index contributed by atoms with van der Waals surface area (Å²) < 4.78 is 34.5. The molecule has 2 N–H and O–H groups in total. The van der Waals surface area contributed by atoms with Gasteiger partial charge in [0, 0.05) is 6.42 Å². The average Bonchev–Trinajstić information content (AvgIpc) is 3.11. The molecule has 0 saturated carbocycles. The first kappa shape index (κ1) is 52.0. The van der Waals surface area contributed by atoms with E-state index in [2.05, 4.69) is 32.1 Å². The van der Waals surface area contributed by atoms with Gasteiger partial charge in [0.25, 0.3) is 0 Å². The smallest absolute Gasteiger partial charge is 0.472 e. The minimum atomic E-state index is -4.33. The van der Waals surface area contributed by atoms with Crippen LogP contribution in [0.3, 0.4) is 0 Å². The highest BCUT2D eigenvalue weighted by molar-refractivity contribution is 7.47. The van der Waals surface area contributed by atoms with Gasteiger partial charge in [-0.2, -0.15) is 0 Å². The van der Waals surface area contributed by atoms with Crippen LogP contribution in [0, 0.1) is 0 Å². The number of unbranched alkanes of at least 4 members (excludes halogenated alkanes) is 16. The molecule has 0 rings (SSSR count). The van der Waals surface area contributed by atoms with Gasteiger partial charge in [0.1, 0.15) is 19.8 Å². The standard InChI is InChI=1S/C44H80NO8P/c1-6-8-10-12-14-16-17-18-19-20-22-24-29-33-38-50-40-43(41-52-54(48,49)51-39-37-45(3,4)5)53-44(47)36-32-28-25-27-31-35-42(46)34-30-26-23-21-15-13-11-9-7-2/h15,21,25-27,30-31,33,35,38,42-43,46H,6-14,16-20,22-24,28-29,32,34,36-37,39-41H2,1-5H3/p+1/b21-15-,27-25+,30-26-,35-31-,38-33+/t42?,43-/m1/s1. The molecular weight excluding hydrogens is 701 g/mol. The number of nitrogens with zero attached hydrogens (tertiary/aromatic N) is 1. The quantitative estimate of drug-likeness (QED) is 0.0121. The second-order valence-corrected chi connectivity index (χ2v) is 16.7. The number of esters is 1. The summed E-state index contributed by atoms with van der Waals surface area (Å²) in [4.78, 5) is 22.8. The van der Waals surface area contributed by atoms with Crippen LogP contribution in [-0.4, -0.2) is 80.2 Å². The number of phosphoric acid groups is 1. The number of phosphoric ester groups is 1. The topological polar surface area (TPSA) is 112 Å². The molecule has 314 valence electrons. The summed E-state index contributed by atoms with van der Waals surface area (Å²) in [6.07, 6.45) is 42.3. The minimum Gasteiger partial charge on any atom is -0.498 e. The van der Waals surface area contributed by atoms with Crippen molar-refractivity contribution in [2.24, 2.45) is 0 Å². The molecule has 54 heavy (non-hydrogen) atoms. The Morgan fingerprint density at radius 2 is 1.26 bits per heavy atom. The number of carbonyl (C=O) groups is 1. The van der Waals surface area contributed by atoms with Crippen LogP contribution in [-0.2, 0) is 27.9 Å². The van der Waals surface area contributed by atoms with E-state index in [1.165, 1.54) is 89.9 Å². The third-order valence-corrected chi connectivity index (χ3v) is 9.71. The summed E-state index contributed by atoms with van der Waals surface area (Å²) in [7, 11) is 1.54. The number of aliphatic hydroxyl groups is 1. The van der Waals surface area contributed by atoms with E-state index in [9.17, 15) is 19.4 Å². The zero-order valence-electron chi connectivity index (χ0n) is 35.1. The number of hydrogen-bond acceptors (Lipinski definition) is 7. The second-order valence-electron chi connectivity index (χ2n) is 15.3. The fourth-order valence-electron chi connectivity index (χ4n) is 5.35. The maximum absolute atomic E-state index is 12.6. The van der Waals surface area contributed by atoms with E-state index in [1.54, 1.807) is 12.3 Å². The van der Waals surface area contributed by atoms with E-state index >= 15 is 0 Å². The van der Waals surface area contributed by atoms with Crippen molar-refractivity contribution in [3.05, 3.63) is 60.9 Å². The Balaban J connectivity index is 4.52. The molecule has 0 aliphatic carbocycles. The molecule has 0 bridgehead atoms. The minimum absolute atomic E-state index is 0.00246. The van der Waals surface area contributed by atoms with E-state index in [-0.39, 0.29) is 26.2 Å². The normalized spacial score (nSPS) is 14.9. The Morgan fingerprint density at radius 1 is 0.685 bits per heavy atom. The van der Waals surface area contributed by atoms with Gasteiger partial charge in [-0.15, -0.1) is 0 Å². The maximum atomic E-state index is 12.6. The first-order valence-electron chi connectivity index (χ1n) is 21.2. The van der Waals surface area contributed by atoms with Crippen molar-refractivity contribution < 1.29 is 42.4 Å². The summed E-state index contributed by atoms with van der Waals surface area (Å²) in [6, 6.07) is 0. The molecule has 0 radical (unpaired) electrons. The molecule has 10 heteroatoms. The summed E-state index contributed by atoms with van der Waals surface area (Å²) in [6.45, 7) is 4.72. The highest BCUT2D eigenvalue weighted by Crippen LogP contribution is 2.43. The molecule has 0 amide bonds. The summed E-state index contributed by atoms with van der Waals surface area (Å²) in [5, 5.41) is 10.1. The zero-order valence-corrected chi connectivity index (χ0v) is 35.9. The van der Waals surface area contributed by atoms with Crippen LogP contribution in [0.25, 0.3) is 0 Å². The summed E-state index contributed by atoms with van der Waals surface area (Å²) in [5.41, 5.74) is 0. The predicted molar refractivity (Wildman–Crippen MR) is 225 cm³/mol. The number of ether oxygens (including phenoxy) is 2. The average molecular weight is 783 g/mol.